The van der Waals surface area contributed by atoms with Gasteiger partial charge in [0.2, 0.25) is 0 Å². The highest BCUT2D eigenvalue weighted by Crippen LogP contribution is 2.35. The summed E-state index contributed by atoms with van der Waals surface area (Å²) in [5.74, 6) is -5.68. The van der Waals surface area contributed by atoms with Crippen molar-refractivity contribution in [3.8, 4) is 6.07 Å². The molecule has 0 saturated carbocycles. The fraction of sp³-hybridized carbons (Fsp3) is 0.286. The van der Waals surface area contributed by atoms with E-state index in [-0.39, 0.29) is 24.1 Å². The fourth-order valence-corrected chi connectivity index (χ4v) is 3.18. The molecule has 2 aromatic carbocycles. The van der Waals surface area contributed by atoms with Gasteiger partial charge in [-0.3, -0.25) is 4.68 Å². The number of hydrogen-bond donors (Lipinski definition) is 0. The molecule has 9 heteroatoms. The molecular formula is C21H17F4N3O2. The Bertz CT molecular complexity index is 1150. The third-order valence-corrected chi connectivity index (χ3v) is 4.72. The smallest absolute Gasteiger partial charge is 0.381 e. The quantitative estimate of drug-likeness (QED) is 0.423. The maximum atomic E-state index is 14.5. The van der Waals surface area contributed by atoms with Crippen LogP contribution >= 0.6 is 0 Å². The van der Waals surface area contributed by atoms with Crippen LogP contribution in [0, 0.1) is 18.3 Å². The molecule has 3 aromatic rings. The van der Waals surface area contributed by atoms with Crippen molar-refractivity contribution in [3.05, 3.63) is 64.3 Å². The second-order valence-electron chi connectivity index (χ2n) is 6.58. The van der Waals surface area contributed by atoms with E-state index >= 15 is 0 Å². The number of fused-ring (bicyclic) bond motifs is 1. The van der Waals surface area contributed by atoms with Gasteiger partial charge in [0.1, 0.15) is 5.69 Å². The van der Waals surface area contributed by atoms with Crippen molar-refractivity contribution in [2.75, 3.05) is 6.61 Å². The summed E-state index contributed by atoms with van der Waals surface area (Å²) < 4.78 is 61.5. The number of hydrogen-bond acceptors (Lipinski definition) is 4. The number of aromatic nitrogens is 2. The largest absolute Gasteiger partial charge is 0.461 e. The van der Waals surface area contributed by atoms with Crippen LogP contribution in [0.5, 0.6) is 0 Å². The van der Waals surface area contributed by atoms with Gasteiger partial charge in [-0.15, -0.1) is 0 Å². The normalized spacial score (nSPS) is 11.7. The van der Waals surface area contributed by atoms with Gasteiger partial charge < -0.3 is 4.74 Å². The summed E-state index contributed by atoms with van der Waals surface area (Å²) in [6.07, 6.45) is -2.93. The first-order valence-corrected chi connectivity index (χ1v) is 9.03. The number of ether oxygens (including phenoxy) is 1. The van der Waals surface area contributed by atoms with Crippen molar-refractivity contribution < 1.29 is 27.1 Å². The second kappa shape index (κ2) is 8.14. The van der Waals surface area contributed by atoms with E-state index in [2.05, 4.69) is 9.84 Å². The van der Waals surface area contributed by atoms with Gasteiger partial charge in [0, 0.05) is 10.9 Å². The molecule has 0 unspecified atom stereocenters. The monoisotopic (exact) mass is 419 g/mol. The Hall–Kier alpha value is -3.41. The summed E-state index contributed by atoms with van der Waals surface area (Å²) in [4.78, 5) is 11.7. The molecule has 5 nitrogen and oxygen atoms in total. The lowest BCUT2D eigenvalue weighted by molar-refractivity contribution is -0.173. The minimum Gasteiger partial charge on any atom is -0.461 e. The Morgan fingerprint density at radius 1 is 1.30 bits per heavy atom. The van der Waals surface area contributed by atoms with Crippen molar-refractivity contribution >= 4 is 16.9 Å². The first-order valence-electron chi connectivity index (χ1n) is 9.03. The van der Waals surface area contributed by atoms with Gasteiger partial charge in [-0.2, -0.15) is 19.1 Å². The van der Waals surface area contributed by atoms with Gasteiger partial charge in [0.25, 0.3) is 6.43 Å². The SMILES string of the molecule is CCOC(=O)C(F)(F)c1ccc2c(C(F)F)nn(Cc3c(C)cccc3C#N)c2c1. The molecule has 0 fully saturated rings. The Kier molecular flexibility index (Phi) is 5.78. The van der Waals surface area contributed by atoms with Gasteiger partial charge in [-0.05, 0) is 37.1 Å². The average Bonchev–Trinajstić information content (AvgIpc) is 3.07. The number of carbonyl (C=O) groups excluding carboxylic acids is 1. The Morgan fingerprint density at radius 2 is 2.03 bits per heavy atom. The molecule has 0 amide bonds. The summed E-state index contributed by atoms with van der Waals surface area (Å²) in [6, 6.07) is 9.98. The predicted molar refractivity (Wildman–Crippen MR) is 100 cm³/mol. The lowest BCUT2D eigenvalue weighted by Gasteiger charge is -2.15. The number of esters is 1. The number of nitriles is 1. The van der Waals surface area contributed by atoms with Gasteiger partial charge in [-0.25, -0.2) is 13.6 Å². The zero-order chi connectivity index (χ0) is 22.1. The number of rotatable bonds is 6. The first kappa shape index (κ1) is 21.3. The minimum absolute atomic E-state index is 0.00100. The molecule has 0 atom stereocenters. The van der Waals surface area contributed by atoms with E-state index < -0.39 is 29.6 Å². The van der Waals surface area contributed by atoms with Crippen LogP contribution in [0.2, 0.25) is 0 Å². The van der Waals surface area contributed by atoms with E-state index in [0.717, 1.165) is 28.4 Å². The lowest BCUT2D eigenvalue weighted by Crippen LogP contribution is -2.28. The van der Waals surface area contributed by atoms with Gasteiger partial charge in [0.05, 0.1) is 30.3 Å². The number of halogens is 4. The van der Waals surface area contributed by atoms with Crippen LogP contribution in [0.4, 0.5) is 17.6 Å². The second-order valence-corrected chi connectivity index (χ2v) is 6.58. The van der Waals surface area contributed by atoms with Crippen molar-refractivity contribution in [2.45, 2.75) is 32.7 Å². The summed E-state index contributed by atoms with van der Waals surface area (Å²) in [7, 11) is 0. The number of alkyl halides is 4. The minimum atomic E-state index is -3.95. The van der Waals surface area contributed by atoms with Crippen LogP contribution < -0.4 is 0 Å². The molecular weight excluding hydrogens is 402 g/mol. The maximum absolute atomic E-state index is 14.5. The molecule has 0 bridgehead atoms. The third kappa shape index (κ3) is 3.73. The van der Waals surface area contributed by atoms with Gasteiger partial charge >= 0.3 is 11.9 Å². The van der Waals surface area contributed by atoms with E-state index in [1.807, 2.05) is 6.07 Å². The molecule has 0 aliphatic carbocycles. The molecule has 0 spiro atoms. The number of nitrogens with zero attached hydrogens (tertiary/aromatic N) is 3. The van der Waals surface area contributed by atoms with Crippen molar-refractivity contribution in [1.82, 2.24) is 9.78 Å². The molecule has 1 aromatic heterocycles. The molecule has 0 radical (unpaired) electrons. The number of carbonyl (C=O) groups is 1. The van der Waals surface area contributed by atoms with Crippen molar-refractivity contribution in [3.63, 3.8) is 0 Å². The van der Waals surface area contributed by atoms with Gasteiger partial charge in [0.15, 0.2) is 0 Å². The molecule has 0 aliphatic rings. The van der Waals surface area contributed by atoms with E-state index in [4.69, 9.17) is 0 Å². The van der Waals surface area contributed by atoms with Crippen LogP contribution in [0.15, 0.2) is 36.4 Å². The highest BCUT2D eigenvalue weighted by atomic mass is 19.3. The lowest BCUT2D eigenvalue weighted by atomic mass is 10.0. The first-order chi connectivity index (χ1) is 14.2. The fourth-order valence-electron chi connectivity index (χ4n) is 3.18. The molecule has 0 aliphatic heterocycles. The maximum Gasteiger partial charge on any atom is 0.381 e. The predicted octanol–water partition coefficient (Wildman–Crippen LogP) is 4.86. The molecule has 30 heavy (non-hydrogen) atoms. The van der Waals surface area contributed by atoms with E-state index in [0.29, 0.717) is 11.1 Å². The Morgan fingerprint density at radius 3 is 2.67 bits per heavy atom. The summed E-state index contributed by atoms with van der Waals surface area (Å²) in [5.41, 5.74) is 0.324. The van der Waals surface area contributed by atoms with Crippen LogP contribution in [-0.4, -0.2) is 22.4 Å². The standard InChI is InChI=1S/C21H17F4N3O2/c1-3-30-20(29)21(24,25)14-7-8-15-17(9-14)28(27-18(15)19(22)23)11-16-12(2)5-4-6-13(16)10-26/h4-9,19H,3,11H2,1-2H3. The van der Waals surface area contributed by atoms with Crippen LogP contribution in [0.3, 0.4) is 0 Å². The van der Waals surface area contributed by atoms with Crippen molar-refractivity contribution in [2.24, 2.45) is 0 Å². The summed E-state index contributed by atoms with van der Waals surface area (Å²) in [5, 5.41) is 13.2. The molecule has 0 N–H and O–H groups in total. The molecule has 0 saturated heterocycles. The number of benzene rings is 2. The highest BCUT2D eigenvalue weighted by Gasteiger charge is 2.43. The highest BCUT2D eigenvalue weighted by molar-refractivity contribution is 5.86. The zero-order valence-electron chi connectivity index (χ0n) is 16.1. The molecule has 3 rings (SSSR count). The van der Waals surface area contributed by atoms with E-state index in [1.54, 1.807) is 25.1 Å². The summed E-state index contributed by atoms with van der Waals surface area (Å²) in [6.45, 7) is 2.84. The summed E-state index contributed by atoms with van der Waals surface area (Å²) >= 11 is 0. The topological polar surface area (TPSA) is 67.9 Å². The van der Waals surface area contributed by atoms with Crippen LogP contribution in [0.25, 0.3) is 10.9 Å². The Balaban J connectivity index is 2.18. The number of aryl methyl sites for hydroxylation is 1. The average molecular weight is 419 g/mol. The third-order valence-electron chi connectivity index (χ3n) is 4.72. The van der Waals surface area contributed by atoms with E-state index in [1.165, 1.54) is 6.92 Å². The van der Waals surface area contributed by atoms with E-state index in [9.17, 15) is 27.6 Å². The Labute approximate surface area is 169 Å². The van der Waals surface area contributed by atoms with Gasteiger partial charge in [-0.1, -0.05) is 24.3 Å². The molecule has 156 valence electrons. The van der Waals surface area contributed by atoms with Crippen molar-refractivity contribution in [1.29, 1.82) is 5.26 Å². The molecule has 1 heterocycles. The van der Waals surface area contributed by atoms with Crippen LogP contribution in [0.1, 0.15) is 41.3 Å². The zero-order valence-corrected chi connectivity index (χ0v) is 16.1. The van der Waals surface area contributed by atoms with Crippen LogP contribution in [-0.2, 0) is 22.0 Å².